The van der Waals surface area contributed by atoms with Gasteiger partial charge in [-0.15, -0.1) is 0 Å². The quantitative estimate of drug-likeness (QED) is 0.752. The van der Waals surface area contributed by atoms with E-state index in [0.29, 0.717) is 5.69 Å². The molecular weight excluding hydrogens is 296 g/mol. The molecule has 0 unspecified atom stereocenters. The number of aromatic nitrogens is 2. The summed E-state index contributed by atoms with van der Waals surface area (Å²) in [4.78, 5) is 24.4. The zero-order valence-corrected chi connectivity index (χ0v) is 13.3. The first kappa shape index (κ1) is 16.0. The van der Waals surface area contributed by atoms with Crippen LogP contribution in [-0.2, 0) is 6.54 Å². The molecule has 3 N–H and O–H groups in total. The third kappa shape index (κ3) is 3.90. The van der Waals surface area contributed by atoms with Crippen LogP contribution in [0.2, 0.25) is 0 Å². The van der Waals surface area contributed by atoms with Crippen molar-refractivity contribution in [3.05, 3.63) is 17.5 Å². The zero-order valence-electron chi connectivity index (χ0n) is 13.3. The van der Waals surface area contributed by atoms with Crippen LogP contribution >= 0.6 is 0 Å². The summed E-state index contributed by atoms with van der Waals surface area (Å²) in [5.74, 6) is -0.544. The van der Waals surface area contributed by atoms with Crippen LogP contribution in [-0.4, -0.2) is 45.4 Å². The molecule has 0 bridgehead atoms. The molecule has 0 saturated heterocycles. The highest BCUT2D eigenvalue weighted by atomic mass is 16.3. The summed E-state index contributed by atoms with van der Waals surface area (Å²) in [5, 5.41) is 19.6. The Balaban J connectivity index is 1.69. The Morgan fingerprint density at radius 1 is 1.26 bits per heavy atom. The van der Waals surface area contributed by atoms with Crippen molar-refractivity contribution in [2.24, 2.45) is 0 Å². The second-order valence-electron chi connectivity index (χ2n) is 6.48. The molecule has 2 amide bonds. The molecule has 2 aliphatic rings. The van der Waals surface area contributed by atoms with Crippen molar-refractivity contribution in [2.75, 3.05) is 6.54 Å². The number of aliphatic hydroxyl groups excluding tert-OH is 1. The lowest BCUT2D eigenvalue weighted by Gasteiger charge is -2.20. The summed E-state index contributed by atoms with van der Waals surface area (Å²) in [6.45, 7) is 0.413. The van der Waals surface area contributed by atoms with Crippen molar-refractivity contribution in [2.45, 2.75) is 63.6 Å². The van der Waals surface area contributed by atoms with E-state index in [1.807, 2.05) is 0 Å². The van der Waals surface area contributed by atoms with Crippen LogP contribution in [0.15, 0.2) is 6.07 Å². The lowest BCUT2D eigenvalue weighted by Crippen LogP contribution is -2.35. The summed E-state index contributed by atoms with van der Waals surface area (Å²) in [6.07, 6.45) is 7.31. The van der Waals surface area contributed by atoms with E-state index in [1.54, 1.807) is 0 Å². The van der Waals surface area contributed by atoms with Gasteiger partial charge in [-0.05, 0) is 12.8 Å². The first-order chi connectivity index (χ1) is 11.1. The highest BCUT2D eigenvalue weighted by molar-refractivity contribution is 5.98. The van der Waals surface area contributed by atoms with E-state index in [4.69, 9.17) is 0 Å². The average molecular weight is 320 g/mol. The Kier molecular flexibility index (Phi) is 4.95. The molecule has 7 nitrogen and oxygen atoms in total. The maximum atomic E-state index is 12.4. The fraction of sp³-hybridized carbons (Fsp3) is 0.688. The van der Waals surface area contributed by atoms with Crippen LogP contribution in [0.5, 0.6) is 0 Å². The van der Waals surface area contributed by atoms with Gasteiger partial charge >= 0.3 is 0 Å². The molecular formula is C16H24N4O3. The Bertz CT molecular complexity index is 576. The van der Waals surface area contributed by atoms with E-state index < -0.39 is 6.10 Å². The van der Waals surface area contributed by atoms with Crippen LogP contribution in [0.4, 0.5) is 0 Å². The topological polar surface area (TPSA) is 96.2 Å². The second-order valence-corrected chi connectivity index (χ2v) is 6.48. The Hall–Kier alpha value is -1.89. The van der Waals surface area contributed by atoms with Crippen LogP contribution in [0.1, 0.15) is 65.9 Å². The van der Waals surface area contributed by atoms with Gasteiger partial charge < -0.3 is 15.7 Å². The number of hydrogen-bond acceptors (Lipinski definition) is 4. The SMILES string of the molecule is O=C(NC1CCCCCCC1)c1cc2n(n1)C[C@H](O)CNC2=O. The predicted octanol–water partition coefficient (Wildman–Crippen LogP) is 0.830. The molecule has 126 valence electrons. The van der Waals surface area contributed by atoms with Crippen molar-refractivity contribution in [3.8, 4) is 0 Å². The molecule has 3 rings (SSSR count). The average Bonchev–Trinajstić information content (AvgIpc) is 2.86. The highest BCUT2D eigenvalue weighted by Gasteiger charge is 2.25. The number of hydrogen-bond donors (Lipinski definition) is 3. The molecule has 1 fully saturated rings. The summed E-state index contributed by atoms with van der Waals surface area (Å²) >= 11 is 0. The number of aliphatic hydroxyl groups is 1. The minimum Gasteiger partial charge on any atom is -0.389 e. The van der Waals surface area contributed by atoms with E-state index in [0.717, 1.165) is 25.7 Å². The van der Waals surface area contributed by atoms with Crippen LogP contribution in [0, 0.1) is 0 Å². The first-order valence-corrected chi connectivity index (χ1v) is 8.48. The Morgan fingerprint density at radius 3 is 2.70 bits per heavy atom. The van der Waals surface area contributed by atoms with Gasteiger partial charge in [-0.2, -0.15) is 5.10 Å². The molecule has 1 aromatic heterocycles. The molecule has 23 heavy (non-hydrogen) atoms. The molecule has 1 aliphatic heterocycles. The van der Waals surface area contributed by atoms with Gasteiger partial charge in [0.15, 0.2) is 5.69 Å². The van der Waals surface area contributed by atoms with Gasteiger partial charge in [0.25, 0.3) is 11.8 Å². The number of nitrogens with one attached hydrogen (secondary N) is 2. The molecule has 0 aromatic carbocycles. The minimum atomic E-state index is -0.693. The minimum absolute atomic E-state index is 0.184. The summed E-state index contributed by atoms with van der Waals surface area (Å²) < 4.78 is 1.42. The van der Waals surface area contributed by atoms with Crippen LogP contribution in [0.3, 0.4) is 0 Å². The fourth-order valence-electron chi connectivity index (χ4n) is 3.27. The van der Waals surface area contributed by atoms with Crippen molar-refractivity contribution >= 4 is 11.8 Å². The number of carbonyl (C=O) groups is 2. The molecule has 1 atom stereocenters. The monoisotopic (exact) mass is 320 g/mol. The number of carbonyl (C=O) groups excluding carboxylic acids is 2. The molecule has 2 heterocycles. The van der Waals surface area contributed by atoms with E-state index in [9.17, 15) is 14.7 Å². The summed E-state index contributed by atoms with van der Waals surface area (Å²) in [7, 11) is 0. The van der Waals surface area contributed by atoms with E-state index >= 15 is 0 Å². The standard InChI is InChI=1S/C16H24N4O3/c21-12-9-17-16(23)14-8-13(19-20(14)10-12)15(22)18-11-6-4-2-1-3-5-7-11/h8,11-12,21H,1-7,9-10H2,(H,17,23)(H,18,22)/t12-/m1/s1. The van der Waals surface area contributed by atoms with Crippen molar-refractivity contribution in [1.29, 1.82) is 0 Å². The van der Waals surface area contributed by atoms with Gasteiger partial charge in [-0.25, -0.2) is 0 Å². The maximum Gasteiger partial charge on any atom is 0.272 e. The van der Waals surface area contributed by atoms with Crippen LogP contribution in [0.25, 0.3) is 0 Å². The Labute approximate surface area is 135 Å². The molecule has 1 aromatic rings. The molecule has 1 aliphatic carbocycles. The molecule has 0 spiro atoms. The molecule has 1 saturated carbocycles. The maximum absolute atomic E-state index is 12.4. The highest BCUT2D eigenvalue weighted by Crippen LogP contribution is 2.18. The number of rotatable bonds is 2. The number of nitrogens with zero attached hydrogens (tertiary/aromatic N) is 2. The van der Waals surface area contributed by atoms with Crippen molar-refractivity contribution in [1.82, 2.24) is 20.4 Å². The zero-order chi connectivity index (χ0) is 16.2. The van der Waals surface area contributed by atoms with Gasteiger partial charge in [0, 0.05) is 18.7 Å². The summed E-state index contributed by atoms with van der Waals surface area (Å²) in [6, 6.07) is 1.69. The third-order valence-electron chi connectivity index (χ3n) is 4.57. The number of fused-ring (bicyclic) bond motifs is 1. The van der Waals surface area contributed by atoms with Gasteiger partial charge in [0.2, 0.25) is 0 Å². The second kappa shape index (κ2) is 7.12. The van der Waals surface area contributed by atoms with Crippen LogP contribution < -0.4 is 10.6 Å². The molecule has 7 heteroatoms. The van der Waals surface area contributed by atoms with Gasteiger partial charge in [-0.1, -0.05) is 32.1 Å². The van der Waals surface area contributed by atoms with E-state index in [-0.39, 0.29) is 36.6 Å². The summed E-state index contributed by atoms with van der Waals surface area (Å²) in [5.41, 5.74) is 0.565. The van der Waals surface area contributed by atoms with E-state index in [2.05, 4.69) is 15.7 Å². The van der Waals surface area contributed by atoms with Gasteiger partial charge in [-0.3, -0.25) is 14.3 Å². The fourth-order valence-corrected chi connectivity index (χ4v) is 3.27. The third-order valence-corrected chi connectivity index (χ3v) is 4.57. The lowest BCUT2D eigenvalue weighted by molar-refractivity contribution is 0.0922. The smallest absolute Gasteiger partial charge is 0.272 e. The lowest BCUT2D eigenvalue weighted by atomic mass is 9.96. The van der Waals surface area contributed by atoms with Gasteiger partial charge in [0.05, 0.1) is 12.6 Å². The normalized spacial score (nSPS) is 23.2. The molecule has 0 radical (unpaired) electrons. The Morgan fingerprint density at radius 2 is 1.96 bits per heavy atom. The number of β-amino-alcohol motifs (C(OH)–C–C–N with tert-alkyl or cyclic N) is 1. The van der Waals surface area contributed by atoms with E-state index in [1.165, 1.54) is 30.0 Å². The first-order valence-electron chi connectivity index (χ1n) is 8.48. The number of amides is 2. The van der Waals surface area contributed by atoms with Gasteiger partial charge in [0.1, 0.15) is 5.69 Å². The van der Waals surface area contributed by atoms with Crippen molar-refractivity contribution in [3.63, 3.8) is 0 Å². The predicted molar refractivity (Wildman–Crippen MR) is 84.1 cm³/mol. The largest absolute Gasteiger partial charge is 0.389 e. The van der Waals surface area contributed by atoms with Crippen molar-refractivity contribution < 1.29 is 14.7 Å².